The average molecular weight is 242 g/mol. The Hall–Kier alpha value is -1.00. The number of halogens is 1. The van der Waals surface area contributed by atoms with Gasteiger partial charge in [0.15, 0.2) is 0 Å². The van der Waals surface area contributed by atoms with Gasteiger partial charge >= 0.3 is 0 Å². The molecule has 2 N–H and O–H groups in total. The summed E-state index contributed by atoms with van der Waals surface area (Å²) in [6.45, 7) is 3.99. The van der Waals surface area contributed by atoms with E-state index in [4.69, 9.17) is 17.3 Å². The van der Waals surface area contributed by atoms with Gasteiger partial charge in [0, 0.05) is 10.9 Å². The molecule has 0 aliphatic carbocycles. The van der Waals surface area contributed by atoms with Gasteiger partial charge in [-0.25, -0.2) is 4.68 Å². The van der Waals surface area contributed by atoms with Crippen molar-refractivity contribution >= 4 is 28.8 Å². The van der Waals surface area contributed by atoms with Crippen molar-refractivity contribution in [3.8, 4) is 0 Å². The first-order chi connectivity index (χ1) is 7.08. The lowest BCUT2D eigenvalue weighted by atomic mass is 10.3. The minimum Gasteiger partial charge on any atom is -0.384 e. The first-order valence-electron chi connectivity index (χ1n) is 4.65. The summed E-state index contributed by atoms with van der Waals surface area (Å²) in [4.78, 5) is 1.16. The largest absolute Gasteiger partial charge is 0.384 e. The molecule has 1 unspecified atom stereocenters. The van der Waals surface area contributed by atoms with E-state index in [1.807, 2.05) is 29.8 Å². The van der Waals surface area contributed by atoms with Gasteiger partial charge in [-0.15, -0.1) is 11.3 Å². The van der Waals surface area contributed by atoms with Crippen LogP contribution < -0.4 is 5.73 Å². The smallest absolute Gasteiger partial charge is 0.122 e. The number of hydrogen-bond donors (Lipinski definition) is 1. The Labute approximate surface area is 97.5 Å². The highest BCUT2D eigenvalue weighted by Crippen LogP contribution is 2.30. The maximum atomic E-state index is 5.89. The standard InChI is InChI=1S/C10H12ClN3S/c1-6-5-10(12)14(13-6)7(2)8-3-4-9(11)15-8/h3-5,7H,12H2,1-2H3. The Morgan fingerprint density at radius 2 is 2.27 bits per heavy atom. The van der Waals surface area contributed by atoms with E-state index in [2.05, 4.69) is 12.0 Å². The van der Waals surface area contributed by atoms with Gasteiger partial charge in [0.1, 0.15) is 5.82 Å². The van der Waals surface area contributed by atoms with Gasteiger partial charge in [-0.05, 0) is 26.0 Å². The average Bonchev–Trinajstić information content (AvgIpc) is 2.71. The second kappa shape index (κ2) is 3.87. The number of nitrogens with zero attached hydrogens (tertiary/aromatic N) is 2. The van der Waals surface area contributed by atoms with Crippen LogP contribution in [-0.2, 0) is 0 Å². The normalized spacial score (nSPS) is 13.0. The molecule has 2 aromatic heterocycles. The summed E-state index contributed by atoms with van der Waals surface area (Å²) < 4.78 is 2.61. The van der Waals surface area contributed by atoms with Gasteiger partial charge in [-0.1, -0.05) is 11.6 Å². The Morgan fingerprint density at radius 1 is 1.53 bits per heavy atom. The van der Waals surface area contributed by atoms with Crippen molar-refractivity contribution in [3.63, 3.8) is 0 Å². The molecule has 0 aromatic carbocycles. The fourth-order valence-corrected chi connectivity index (χ4v) is 2.62. The van der Waals surface area contributed by atoms with Crippen LogP contribution in [0.15, 0.2) is 18.2 Å². The van der Waals surface area contributed by atoms with Crippen molar-refractivity contribution in [2.45, 2.75) is 19.9 Å². The fourth-order valence-electron chi connectivity index (χ4n) is 1.52. The second-order valence-corrected chi connectivity index (χ2v) is 5.22. The molecule has 0 bridgehead atoms. The Balaban J connectivity index is 2.35. The highest BCUT2D eigenvalue weighted by molar-refractivity contribution is 7.16. The zero-order chi connectivity index (χ0) is 11.0. The second-order valence-electron chi connectivity index (χ2n) is 3.47. The van der Waals surface area contributed by atoms with Gasteiger partial charge in [0.05, 0.1) is 16.1 Å². The lowest BCUT2D eigenvalue weighted by Gasteiger charge is -2.11. The minimum absolute atomic E-state index is 0.135. The number of hydrogen-bond acceptors (Lipinski definition) is 3. The van der Waals surface area contributed by atoms with E-state index in [0.717, 1.165) is 14.9 Å². The summed E-state index contributed by atoms with van der Waals surface area (Å²) in [6, 6.07) is 5.90. The van der Waals surface area contributed by atoms with E-state index in [0.29, 0.717) is 5.82 Å². The third-order valence-corrected chi connectivity index (χ3v) is 3.66. The van der Waals surface area contributed by atoms with Gasteiger partial charge in [0.2, 0.25) is 0 Å². The van der Waals surface area contributed by atoms with Crippen LogP contribution in [-0.4, -0.2) is 9.78 Å². The molecule has 0 saturated carbocycles. The van der Waals surface area contributed by atoms with Crippen molar-refractivity contribution in [1.29, 1.82) is 0 Å². The highest BCUT2D eigenvalue weighted by Gasteiger charge is 2.13. The predicted octanol–water partition coefficient (Wildman–Crippen LogP) is 3.10. The quantitative estimate of drug-likeness (QED) is 0.878. The third kappa shape index (κ3) is 2.01. The summed E-state index contributed by atoms with van der Waals surface area (Å²) in [7, 11) is 0. The molecule has 80 valence electrons. The van der Waals surface area contributed by atoms with Gasteiger partial charge in [-0.2, -0.15) is 5.10 Å². The van der Waals surface area contributed by atoms with Crippen LogP contribution in [0.3, 0.4) is 0 Å². The van der Waals surface area contributed by atoms with Gasteiger partial charge in [0.25, 0.3) is 0 Å². The Bertz CT molecular complexity index is 475. The van der Waals surface area contributed by atoms with Crippen molar-refractivity contribution in [2.24, 2.45) is 0 Å². The molecule has 0 radical (unpaired) electrons. The lowest BCUT2D eigenvalue weighted by Crippen LogP contribution is -2.10. The summed E-state index contributed by atoms with van der Waals surface area (Å²) in [6.07, 6.45) is 0. The Morgan fingerprint density at radius 3 is 2.73 bits per heavy atom. The molecule has 0 aliphatic heterocycles. The summed E-state index contributed by atoms with van der Waals surface area (Å²) in [5, 5.41) is 4.35. The molecular weight excluding hydrogens is 230 g/mol. The number of anilines is 1. The number of aryl methyl sites for hydroxylation is 1. The molecule has 15 heavy (non-hydrogen) atoms. The van der Waals surface area contributed by atoms with E-state index in [9.17, 15) is 0 Å². The lowest BCUT2D eigenvalue weighted by molar-refractivity contribution is 0.577. The van der Waals surface area contributed by atoms with Crippen molar-refractivity contribution in [3.05, 3.63) is 33.1 Å². The number of rotatable bonds is 2. The highest BCUT2D eigenvalue weighted by atomic mass is 35.5. The van der Waals surface area contributed by atoms with E-state index in [1.54, 1.807) is 11.3 Å². The molecule has 0 spiro atoms. The summed E-state index contributed by atoms with van der Waals surface area (Å²) in [5.74, 6) is 0.685. The van der Waals surface area contributed by atoms with Crippen LogP contribution in [0.5, 0.6) is 0 Å². The molecule has 3 nitrogen and oxygen atoms in total. The van der Waals surface area contributed by atoms with Crippen LogP contribution in [0.25, 0.3) is 0 Å². The number of nitrogen functional groups attached to an aromatic ring is 1. The molecule has 0 fully saturated rings. The molecule has 5 heteroatoms. The number of thiophene rings is 1. The first kappa shape index (κ1) is 10.5. The predicted molar refractivity (Wildman–Crippen MR) is 64.5 cm³/mol. The molecule has 0 saturated heterocycles. The zero-order valence-electron chi connectivity index (χ0n) is 8.57. The molecular formula is C10H12ClN3S. The fraction of sp³-hybridized carbons (Fsp3) is 0.300. The maximum Gasteiger partial charge on any atom is 0.122 e. The van der Waals surface area contributed by atoms with E-state index in [-0.39, 0.29) is 6.04 Å². The van der Waals surface area contributed by atoms with Crippen molar-refractivity contribution in [1.82, 2.24) is 9.78 Å². The van der Waals surface area contributed by atoms with Crippen molar-refractivity contribution in [2.75, 3.05) is 5.73 Å². The molecule has 2 rings (SSSR count). The van der Waals surface area contributed by atoms with Crippen LogP contribution in [0.4, 0.5) is 5.82 Å². The molecule has 2 heterocycles. The molecule has 2 aromatic rings. The van der Waals surface area contributed by atoms with Gasteiger partial charge < -0.3 is 5.73 Å². The number of aromatic nitrogens is 2. The molecule has 0 aliphatic rings. The van der Waals surface area contributed by atoms with E-state index in [1.165, 1.54) is 0 Å². The molecule has 0 amide bonds. The third-order valence-electron chi connectivity index (χ3n) is 2.26. The molecule has 1 atom stereocenters. The van der Waals surface area contributed by atoms with Crippen LogP contribution >= 0.6 is 22.9 Å². The maximum absolute atomic E-state index is 5.89. The number of nitrogens with two attached hydrogens (primary N) is 1. The van der Waals surface area contributed by atoms with Crippen LogP contribution in [0, 0.1) is 6.92 Å². The van der Waals surface area contributed by atoms with Crippen LogP contribution in [0.1, 0.15) is 23.5 Å². The van der Waals surface area contributed by atoms with E-state index < -0.39 is 0 Å². The monoisotopic (exact) mass is 241 g/mol. The summed E-state index contributed by atoms with van der Waals surface area (Å²) >= 11 is 7.45. The SMILES string of the molecule is Cc1cc(N)n(C(C)c2ccc(Cl)s2)n1. The van der Waals surface area contributed by atoms with Crippen molar-refractivity contribution < 1.29 is 0 Å². The topological polar surface area (TPSA) is 43.8 Å². The minimum atomic E-state index is 0.135. The Kier molecular flexibility index (Phi) is 2.71. The zero-order valence-corrected chi connectivity index (χ0v) is 10.1. The first-order valence-corrected chi connectivity index (χ1v) is 5.84. The van der Waals surface area contributed by atoms with Gasteiger partial charge in [-0.3, -0.25) is 0 Å². The van der Waals surface area contributed by atoms with Crippen LogP contribution in [0.2, 0.25) is 4.34 Å². The summed E-state index contributed by atoms with van der Waals surface area (Å²) in [5.41, 5.74) is 6.79. The van der Waals surface area contributed by atoms with E-state index >= 15 is 0 Å².